The summed E-state index contributed by atoms with van der Waals surface area (Å²) in [6, 6.07) is 11.1. The molecule has 3 aromatic heterocycles. The molecule has 0 spiro atoms. The highest BCUT2D eigenvalue weighted by molar-refractivity contribution is 9.10. The summed E-state index contributed by atoms with van der Waals surface area (Å²) in [5.74, 6) is 1.81. The fourth-order valence-corrected chi connectivity index (χ4v) is 4.91. The quantitative estimate of drug-likeness (QED) is 0.461. The van der Waals surface area contributed by atoms with Crippen LogP contribution in [0.4, 0.5) is 11.6 Å². The number of halogens is 1. The van der Waals surface area contributed by atoms with Gasteiger partial charge in [-0.1, -0.05) is 12.1 Å². The maximum Gasteiger partial charge on any atom is 0.145 e. The molecule has 4 N–H and O–H groups in total. The lowest BCUT2D eigenvalue weighted by molar-refractivity contribution is 0.461. The second-order valence-corrected chi connectivity index (χ2v) is 8.83. The van der Waals surface area contributed by atoms with Gasteiger partial charge in [0.2, 0.25) is 0 Å². The molecule has 29 heavy (non-hydrogen) atoms. The van der Waals surface area contributed by atoms with E-state index < -0.39 is 0 Å². The third kappa shape index (κ3) is 3.44. The standard InChI is InChI=1S/C22H23BrN6/c23-18-11-15-5-3-14(10-19(15)28-21(18)25)2-1-13-4-6-16(9-13)29-8-7-17-20(24)26-12-27-22(17)29/h3,5,7-8,10-13,16H,1-2,4,6,9H2,(H2,25,28)(H2,24,26,27)/t13-,16?/m1/s1. The Morgan fingerprint density at radius 2 is 1.97 bits per heavy atom. The Bertz CT molecular complexity index is 1200. The van der Waals surface area contributed by atoms with E-state index in [1.54, 1.807) is 6.33 Å². The Morgan fingerprint density at radius 3 is 2.86 bits per heavy atom. The lowest BCUT2D eigenvalue weighted by Crippen LogP contribution is -2.06. The van der Waals surface area contributed by atoms with Crippen LogP contribution in [0.15, 0.2) is 47.3 Å². The van der Waals surface area contributed by atoms with Gasteiger partial charge in [-0.15, -0.1) is 0 Å². The average Bonchev–Trinajstić information content (AvgIpc) is 3.35. The number of rotatable bonds is 4. The normalized spacial score (nSPS) is 19.3. The fraction of sp³-hybridized carbons (Fsp3) is 0.318. The van der Waals surface area contributed by atoms with Crippen molar-refractivity contribution in [2.75, 3.05) is 11.5 Å². The molecule has 4 aromatic rings. The molecule has 0 amide bonds. The lowest BCUT2D eigenvalue weighted by atomic mass is 9.97. The maximum atomic E-state index is 5.98. The van der Waals surface area contributed by atoms with Crippen LogP contribution in [0.25, 0.3) is 21.9 Å². The predicted octanol–water partition coefficient (Wildman–Crippen LogP) is 4.88. The second kappa shape index (κ2) is 7.30. The topological polar surface area (TPSA) is 95.6 Å². The van der Waals surface area contributed by atoms with E-state index in [2.05, 4.69) is 59.8 Å². The second-order valence-electron chi connectivity index (χ2n) is 7.97. The van der Waals surface area contributed by atoms with Crippen molar-refractivity contribution >= 4 is 49.5 Å². The van der Waals surface area contributed by atoms with Crippen molar-refractivity contribution in [1.29, 1.82) is 0 Å². The zero-order valence-corrected chi connectivity index (χ0v) is 17.6. The summed E-state index contributed by atoms with van der Waals surface area (Å²) in [5, 5.41) is 2.06. The van der Waals surface area contributed by atoms with E-state index in [1.807, 2.05) is 12.1 Å². The predicted molar refractivity (Wildman–Crippen MR) is 120 cm³/mol. The first-order valence-corrected chi connectivity index (χ1v) is 10.8. The van der Waals surface area contributed by atoms with Crippen molar-refractivity contribution in [3.8, 4) is 0 Å². The molecular formula is C22H23BrN6. The zero-order chi connectivity index (χ0) is 20.0. The van der Waals surface area contributed by atoms with Crippen molar-refractivity contribution < 1.29 is 0 Å². The average molecular weight is 451 g/mol. The molecule has 3 heterocycles. The number of aryl methyl sites for hydroxylation is 1. The van der Waals surface area contributed by atoms with Crippen LogP contribution in [0, 0.1) is 5.92 Å². The van der Waals surface area contributed by atoms with Gasteiger partial charge >= 0.3 is 0 Å². The monoisotopic (exact) mass is 450 g/mol. The van der Waals surface area contributed by atoms with Crippen molar-refractivity contribution in [2.45, 2.75) is 38.1 Å². The number of hydrogen-bond donors (Lipinski definition) is 2. The molecule has 148 valence electrons. The van der Waals surface area contributed by atoms with Gasteiger partial charge in [0.1, 0.15) is 23.6 Å². The van der Waals surface area contributed by atoms with E-state index in [4.69, 9.17) is 11.5 Å². The smallest absolute Gasteiger partial charge is 0.145 e. The zero-order valence-electron chi connectivity index (χ0n) is 16.1. The number of aromatic nitrogens is 4. The minimum absolute atomic E-state index is 0.488. The number of nitrogens with zero attached hydrogens (tertiary/aromatic N) is 4. The first-order valence-electron chi connectivity index (χ1n) is 10.00. The number of hydrogen-bond acceptors (Lipinski definition) is 5. The van der Waals surface area contributed by atoms with Crippen LogP contribution in [-0.4, -0.2) is 19.5 Å². The van der Waals surface area contributed by atoms with Crippen LogP contribution in [0.3, 0.4) is 0 Å². The van der Waals surface area contributed by atoms with Crippen LogP contribution in [-0.2, 0) is 6.42 Å². The Labute approximate surface area is 177 Å². The highest BCUT2D eigenvalue weighted by Crippen LogP contribution is 2.39. The van der Waals surface area contributed by atoms with Crippen LogP contribution in [0.2, 0.25) is 0 Å². The first kappa shape index (κ1) is 18.4. The number of anilines is 2. The number of pyridine rings is 1. The molecule has 2 atom stereocenters. The van der Waals surface area contributed by atoms with Gasteiger partial charge in [0.15, 0.2) is 0 Å². The SMILES string of the molecule is Nc1nc2cc(CC[C@@H]3CCC(n4ccc5c(N)ncnc54)C3)ccc2cc1Br. The van der Waals surface area contributed by atoms with Gasteiger partial charge in [0, 0.05) is 17.6 Å². The van der Waals surface area contributed by atoms with Crippen LogP contribution >= 0.6 is 15.9 Å². The van der Waals surface area contributed by atoms with Crippen molar-refractivity contribution in [1.82, 2.24) is 19.5 Å². The molecule has 0 saturated heterocycles. The van der Waals surface area contributed by atoms with Gasteiger partial charge in [-0.05, 0) is 77.7 Å². The third-order valence-electron chi connectivity index (χ3n) is 6.15. The first-order chi connectivity index (χ1) is 14.1. The Morgan fingerprint density at radius 1 is 1.07 bits per heavy atom. The van der Waals surface area contributed by atoms with Gasteiger partial charge < -0.3 is 16.0 Å². The highest BCUT2D eigenvalue weighted by Gasteiger charge is 2.27. The Hall–Kier alpha value is -2.67. The van der Waals surface area contributed by atoms with Gasteiger partial charge in [-0.25, -0.2) is 15.0 Å². The fourth-order valence-electron chi connectivity index (χ4n) is 4.58. The molecule has 6 nitrogen and oxygen atoms in total. The molecule has 1 unspecified atom stereocenters. The summed E-state index contributed by atoms with van der Waals surface area (Å²) in [4.78, 5) is 13.1. The molecule has 1 aromatic carbocycles. The molecule has 0 radical (unpaired) electrons. The van der Waals surface area contributed by atoms with Crippen molar-refractivity contribution in [3.05, 3.63) is 52.9 Å². The summed E-state index contributed by atoms with van der Waals surface area (Å²) in [6.45, 7) is 0. The van der Waals surface area contributed by atoms with Gasteiger partial charge in [-0.3, -0.25) is 0 Å². The summed E-state index contributed by atoms with van der Waals surface area (Å²) >= 11 is 3.45. The van der Waals surface area contributed by atoms with Gasteiger partial charge in [0.05, 0.1) is 15.4 Å². The van der Waals surface area contributed by atoms with E-state index in [0.717, 1.165) is 38.7 Å². The molecule has 1 fully saturated rings. The lowest BCUT2D eigenvalue weighted by Gasteiger charge is -2.14. The number of nitrogen functional groups attached to an aromatic ring is 2. The molecule has 1 aliphatic rings. The number of benzene rings is 1. The summed E-state index contributed by atoms with van der Waals surface area (Å²) in [7, 11) is 0. The minimum atomic E-state index is 0.488. The molecule has 5 rings (SSSR count). The van der Waals surface area contributed by atoms with E-state index in [0.29, 0.717) is 17.7 Å². The van der Waals surface area contributed by atoms with E-state index in [-0.39, 0.29) is 0 Å². The van der Waals surface area contributed by atoms with Gasteiger partial charge in [-0.2, -0.15) is 0 Å². The number of fused-ring (bicyclic) bond motifs is 2. The van der Waals surface area contributed by atoms with Crippen LogP contribution in [0.5, 0.6) is 0 Å². The molecule has 0 aliphatic heterocycles. The molecular weight excluding hydrogens is 428 g/mol. The molecule has 1 aliphatic carbocycles. The molecule has 7 heteroatoms. The summed E-state index contributed by atoms with van der Waals surface area (Å²) in [5.41, 5.74) is 15.2. The summed E-state index contributed by atoms with van der Waals surface area (Å²) in [6.07, 6.45) is 9.52. The third-order valence-corrected chi connectivity index (χ3v) is 6.79. The van der Waals surface area contributed by atoms with E-state index in [9.17, 15) is 0 Å². The molecule has 0 bridgehead atoms. The van der Waals surface area contributed by atoms with Crippen LogP contribution in [0.1, 0.15) is 37.3 Å². The highest BCUT2D eigenvalue weighted by atomic mass is 79.9. The Kier molecular flexibility index (Phi) is 4.62. The Balaban J connectivity index is 1.27. The number of nitrogens with two attached hydrogens (primary N) is 2. The van der Waals surface area contributed by atoms with E-state index >= 15 is 0 Å². The summed E-state index contributed by atoms with van der Waals surface area (Å²) < 4.78 is 3.13. The molecule has 1 saturated carbocycles. The van der Waals surface area contributed by atoms with E-state index in [1.165, 1.54) is 31.2 Å². The minimum Gasteiger partial charge on any atom is -0.383 e. The largest absolute Gasteiger partial charge is 0.383 e. The van der Waals surface area contributed by atoms with Crippen LogP contribution < -0.4 is 11.5 Å². The maximum absolute atomic E-state index is 5.98. The van der Waals surface area contributed by atoms with Crippen molar-refractivity contribution in [3.63, 3.8) is 0 Å². The van der Waals surface area contributed by atoms with Crippen molar-refractivity contribution in [2.24, 2.45) is 5.92 Å². The van der Waals surface area contributed by atoms with Gasteiger partial charge in [0.25, 0.3) is 0 Å².